The Kier molecular flexibility index (Phi) is 2.09. The molecule has 1 aliphatic heterocycles. The van der Waals surface area contributed by atoms with E-state index in [-0.39, 0.29) is 5.92 Å². The Morgan fingerprint density at radius 1 is 1.69 bits per heavy atom. The summed E-state index contributed by atoms with van der Waals surface area (Å²) < 4.78 is 3.63. The number of carboxylic acids is 1. The van der Waals surface area contributed by atoms with Crippen LogP contribution in [0.1, 0.15) is 6.42 Å². The van der Waals surface area contributed by atoms with Crippen LogP contribution in [0.15, 0.2) is 0 Å². The predicted octanol–water partition coefficient (Wildman–Crippen LogP) is -0.156. The van der Waals surface area contributed by atoms with Crippen molar-refractivity contribution in [1.82, 2.24) is 14.8 Å². The van der Waals surface area contributed by atoms with E-state index in [1.807, 2.05) is 4.90 Å². The fourth-order valence-corrected chi connectivity index (χ4v) is 1.89. The molecule has 7 heteroatoms. The number of nitrogens with zero attached hydrogens (tertiary/aromatic N) is 4. The van der Waals surface area contributed by atoms with Crippen LogP contribution >= 0.6 is 11.5 Å². The first-order chi connectivity index (χ1) is 6.27. The quantitative estimate of drug-likeness (QED) is 0.714. The van der Waals surface area contributed by atoms with Gasteiger partial charge in [0, 0.05) is 24.6 Å². The maximum absolute atomic E-state index is 10.6. The van der Waals surface area contributed by atoms with Crippen molar-refractivity contribution in [1.29, 1.82) is 0 Å². The fraction of sp³-hybridized carbons (Fsp3) is 0.667. The van der Waals surface area contributed by atoms with Gasteiger partial charge in [-0.3, -0.25) is 4.79 Å². The molecule has 1 atom stereocenters. The molecule has 1 aromatic heterocycles. The monoisotopic (exact) mass is 200 g/mol. The van der Waals surface area contributed by atoms with E-state index < -0.39 is 5.97 Å². The second-order valence-corrected chi connectivity index (χ2v) is 3.63. The molecule has 1 fully saturated rings. The average molecular weight is 200 g/mol. The molecular formula is C6H8N4O2S. The second-order valence-electron chi connectivity index (χ2n) is 2.91. The lowest BCUT2D eigenvalue weighted by Gasteiger charge is -2.11. The Balaban J connectivity index is 2.03. The normalized spacial score (nSPS) is 22.2. The summed E-state index contributed by atoms with van der Waals surface area (Å²) >= 11 is 1.19. The fourth-order valence-electron chi connectivity index (χ4n) is 1.39. The summed E-state index contributed by atoms with van der Waals surface area (Å²) in [5.41, 5.74) is 0. The minimum atomic E-state index is -0.736. The van der Waals surface area contributed by atoms with Crippen molar-refractivity contribution in [2.24, 2.45) is 5.92 Å². The molecule has 1 unspecified atom stereocenters. The van der Waals surface area contributed by atoms with Crippen LogP contribution in [0.3, 0.4) is 0 Å². The van der Waals surface area contributed by atoms with Gasteiger partial charge < -0.3 is 10.0 Å². The molecule has 0 radical (unpaired) electrons. The summed E-state index contributed by atoms with van der Waals surface area (Å²) in [4.78, 5) is 12.5. The first-order valence-electron chi connectivity index (χ1n) is 3.90. The van der Waals surface area contributed by atoms with Gasteiger partial charge in [-0.15, -0.1) is 0 Å². The van der Waals surface area contributed by atoms with Gasteiger partial charge in [0.1, 0.15) is 0 Å². The van der Waals surface area contributed by atoms with Crippen LogP contribution in [0, 0.1) is 5.92 Å². The summed E-state index contributed by atoms with van der Waals surface area (Å²) in [6, 6.07) is 0. The first-order valence-corrected chi connectivity index (χ1v) is 4.67. The van der Waals surface area contributed by atoms with E-state index in [1.165, 1.54) is 11.5 Å². The molecule has 1 N–H and O–H groups in total. The zero-order valence-corrected chi connectivity index (χ0v) is 7.57. The van der Waals surface area contributed by atoms with Gasteiger partial charge >= 0.3 is 5.97 Å². The van der Waals surface area contributed by atoms with Gasteiger partial charge in [-0.2, -0.15) is 0 Å². The van der Waals surface area contributed by atoms with Crippen molar-refractivity contribution in [3.8, 4) is 0 Å². The summed E-state index contributed by atoms with van der Waals surface area (Å²) in [7, 11) is 0. The Labute approximate surface area is 78.3 Å². The standard InChI is InChI=1S/C6H8N4O2S/c11-5(12)4-1-2-10(3-4)6-7-8-9-13-6/h4H,1-3H2,(H,11,12). The number of hydrogen-bond donors (Lipinski definition) is 1. The second kappa shape index (κ2) is 3.25. The molecule has 1 aromatic rings. The van der Waals surface area contributed by atoms with Crippen LogP contribution < -0.4 is 4.90 Å². The zero-order chi connectivity index (χ0) is 9.26. The van der Waals surface area contributed by atoms with Crippen molar-refractivity contribution in [2.45, 2.75) is 6.42 Å². The highest BCUT2D eigenvalue weighted by molar-refractivity contribution is 7.09. The maximum atomic E-state index is 10.6. The molecule has 13 heavy (non-hydrogen) atoms. The topological polar surface area (TPSA) is 79.2 Å². The van der Waals surface area contributed by atoms with Crippen molar-refractivity contribution in [3.63, 3.8) is 0 Å². The summed E-state index contributed by atoms with van der Waals surface area (Å²) in [5, 5.41) is 16.7. The van der Waals surface area contributed by atoms with Gasteiger partial charge in [-0.25, -0.2) is 0 Å². The molecule has 0 spiro atoms. The highest BCUT2D eigenvalue weighted by Crippen LogP contribution is 2.23. The molecule has 0 aliphatic carbocycles. The zero-order valence-electron chi connectivity index (χ0n) is 6.75. The largest absolute Gasteiger partial charge is 0.481 e. The Bertz CT molecular complexity index is 302. The first kappa shape index (κ1) is 8.36. The SMILES string of the molecule is O=C(O)C1CCN(c2nnns2)C1. The Morgan fingerprint density at radius 3 is 3.08 bits per heavy atom. The smallest absolute Gasteiger partial charge is 0.308 e. The van der Waals surface area contributed by atoms with E-state index in [2.05, 4.69) is 14.8 Å². The molecule has 6 nitrogen and oxygen atoms in total. The van der Waals surface area contributed by atoms with Gasteiger partial charge in [-0.05, 0) is 11.6 Å². The average Bonchev–Trinajstić information content (AvgIpc) is 2.75. The van der Waals surface area contributed by atoms with E-state index in [0.717, 1.165) is 6.54 Å². The van der Waals surface area contributed by atoms with Crippen LogP contribution in [0.4, 0.5) is 5.13 Å². The van der Waals surface area contributed by atoms with Crippen LogP contribution in [0.25, 0.3) is 0 Å². The lowest BCUT2D eigenvalue weighted by molar-refractivity contribution is -0.140. The van der Waals surface area contributed by atoms with Crippen LogP contribution in [-0.4, -0.2) is 39.0 Å². The Hall–Kier alpha value is -1.24. The number of hydrogen-bond acceptors (Lipinski definition) is 6. The molecule has 1 saturated heterocycles. The van der Waals surface area contributed by atoms with E-state index in [1.54, 1.807) is 0 Å². The van der Waals surface area contributed by atoms with Crippen LogP contribution in [0.2, 0.25) is 0 Å². The number of carboxylic acid groups (broad SMARTS) is 1. The molecular weight excluding hydrogens is 192 g/mol. The molecule has 2 rings (SSSR count). The molecule has 2 heterocycles. The van der Waals surface area contributed by atoms with Gasteiger partial charge in [-0.1, -0.05) is 9.59 Å². The van der Waals surface area contributed by atoms with Crippen molar-refractivity contribution in [2.75, 3.05) is 18.0 Å². The van der Waals surface area contributed by atoms with Crippen LogP contribution in [-0.2, 0) is 4.79 Å². The molecule has 0 aromatic carbocycles. The molecule has 70 valence electrons. The third-order valence-corrected chi connectivity index (χ3v) is 2.76. The predicted molar refractivity (Wildman–Crippen MR) is 45.7 cm³/mol. The van der Waals surface area contributed by atoms with E-state index in [0.29, 0.717) is 18.1 Å². The Morgan fingerprint density at radius 2 is 2.54 bits per heavy atom. The minimum absolute atomic E-state index is 0.274. The number of carbonyl (C=O) groups is 1. The van der Waals surface area contributed by atoms with Gasteiger partial charge in [0.2, 0.25) is 5.13 Å². The van der Waals surface area contributed by atoms with Crippen molar-refractivity contribution >= 4 is 22.6 Å². The highest BCUT2D eigenvalue weighted by Gasteiger charge is 2.29. The number of aliphatic carboxylic acids is 1. The summed E-state index contributed by atoms with van der Waals surface area (Å²) in [6.07, 6.45) is 0.676. The van der Waals surface area contributed by atoms with Crippen molar-refractivity contribution in [3.05, 3.63) is 0 Å². The van der Waals surface area contributed by atoms with Gasteiger partial charge in [0.05, 0.1) is 5.92 Å². The number of rotatable bonds is 2. The molecule has 0 saturated carbocycles. The number of anilines is 1. The molecule has 1 aliphatic rings. The highest BCUT2D eigenvalue weighted by atomic mass is 32.1. The lowest BCUT2D eigenvalue weighted by Crippen LogP contribution is -2.22. The van der Waals surface area contributed by atoms with Gasteiger partial charge in [0.25, 0.3) is 0 Å². The molecule has 0 amide bonds. The lowest BCUT2D eigenvalue weighted by atomic mass is 10.1. The van der Waals surface area contributed by atoms with E-state index in [9.17, 15) is 4.79 Å². The number of aromatic nitrogens is 3. The van der Waals surface area contributed by atoms with Gasteiger partial charge in [0.15, 0.2) is 0 Å². The third kappa shape index (κ3) is 1.59. The van der Waals surface area contributed by atoms with Crippen LogP contribution in [0.5, 0.6) is 0 Å². The third-order valence-electron chi connectivity index (χ3n) is 2.10. The summed E-state index contributed by atoms with van der Waals surface area (Å²) in [6.45, 7) is 1.25. The molecule has 0 bridgehead atoms. The van der Waals surface area contributed by atoms with E-state index in [4.69, 9.17) is 5.11 Å². The minimum Gasteiger partial charge on any atom is -0.481 e. The summed E-state index contributed by atoms with van der Waals surface area (Å²) in [5.74, 6) is -1.01. The van der Waals surface area contributed by atoms with E-state index >= 15 is 0 Å². The maximum Gasteiger partial charge on any atom is 0.308 e. The van der Waals surface area contributed by atoms with Crippen molar-refractivity contribution < 1.29 is 9.90 Å².